The van der Waals surface area contributed by atoms with E-state index < -0.39 is 20.3 Å². The fourth-order valence-electron chi connectivity index (χ4n) is 0. The van der Waals surface area contributed by atoms with Gasteiger partial charge in [0.2, 0.25) is 0 Å². The van der Waals surface area contributed by atoms with E-state index in [9.17, 15) is 0 Å². The molecule has 1 radical (unpaired) electrons. The van der Waals surface area contributed by atoms with Crippen LogP contribution in [0.25, 0.3) is 0 Å². The van der Waals surface area contributed by atoms with Crippen LogP contribution >= 0.6 is 0 Å². The zero-order valence-electron chi connectivity index (χ0n) is 7.34. The van der Waals surface area contributed by atoms with Crippen molar-refractivity contribution in [3.63, 3.8) is 0 Å². The third kappa shape index (κ3) is 488. The molecule has 111 valence electrons. The quantitative estimate of drug-likeness (QED) is 0.284. The van der Waals surface area contributed by atoms with Crippen molar-refractivity contribution >= 4 is 0 Å². The molecule has 0 amide bonds. The van der Waals surface area contributed by atoms with Gasteiger partial charge in [0.05, 0.1) is 20.3 Å². The van der Waals surface area contributed by atoms with Crippen molar-refractivity contribution in [1.82, 2.24) is 0 Å². The molecule has 0 aliphatic carbocycles. The van der Waals surface area contributed by atoms with Crippen LogP contribution in [0.3, 0.4) is 0 Å². The molecule has 0 unspecified atom stereocenters. The summed E-state index contributed by atoms with van der Waals surface area (Å²) in [6.45, 7) is 0. The van der Waals surface area contributed by atoms with Gasteiger partial charge in [-0.25, -0.2) is 0 Å². The van der Waals surface area contributed by atoms with Gasteiger partial charge in [0, 0.05) is 0 Å². The first-order valence-corrected chi connectivity index (χ1v) is 2.19. The van der Waals surface area contributed by atoms with Crippen LogP contribution in [-0.4, -0.2) is 20.3 Å². The average molecular weight is 367 g/mol. The fourth-order valence-corrected chi connectivity index (χ4v) is 0. The van der Waals surface area contributed by atoms with Crippen molar-refractivity contribution in [1.29, 1.82) is 0 Å². The molecule has 0 aromatic heterocycles. The molecule has 0 aliphatic rings. The molecule has 0 aromatic rings. The molecule has 0 spiro atoms. The van der Waals surface area contributed by atoms with Gasteiger partial charge in [0.15, 0.2) is 0 Å². The van der Waals surface area contributed by atoms with Crippen LogP contribution in [0.5, 0.6) is 0 Å². The Hall–Kier alpha value is -2.16. The Bertz CT molecular complexity index is 164. The summed E-state index contributed by atoms with van der Waals surface area (Å²) < 4.78 is 0. The number of rotatable bonds is 0. The summed E-state index contributed by atoms with van der Waals surface area (Å²) in [5.41, 5.74) is 0. The molecule has 0 fully saturated rings. The van der Waals surface area contributed by atoms with E-state index in [0.29, 0.717) is 0 Å². The van der Waals surface area contributed by atoms with Gasteiger partial charge in [0.25, 0.3) is 0 Å². The van der Waals surface area contributed by atoms with Gasteiger partial charge in [-0.3, -0.25) is 0 Å². The first-order valence-electron chi connectivity index (χ1n) is 2.19. The fraction of sp³-hybridized carbons (Fsp3) is 0. The predicted molar refractivity (Wildman–Crippen MR) is 41.4 cm³/mol. The largest absolute Gasteiger partial charge is 2.00 e. The van der Waals surface area contributed by atoms with Crippen molar-refractivity contribution in [2.24, 2.45) is 0 Å². The smallest absolute Gasteiger partial charge is 0.356 e. The van der Waals surface area contributed by atoms with Crippen LogP contribution in [-0.2, 0) is 34.1 Å². The molecule has 0 rings (SSSR count). The van der Waals surface area contributed by atoms with E-state index in [1.807, 2.05) is 0 Å². The maximum atomic E-state index is 8.25. The van der Waals surface area contributed by atoms with E-state index in [2.05, 4.69) is 0 Å². The van der Waals surface area contributed by atoms with E-state index in [1.165, 1.54) is 0 Å². The normalized spacial score (nSPS) is 5.33. The Balaban J connectivity index is -0.0000000257. The van der Waals surface area contributed by atoms with Crippen LogP contribution in [0.2, 0.25) is 0 Å². The van der Waals surface area contributed by atoms with Gasteiger partial charge >= 0.3 is 34.1 Å². The molecule has 18 heavy (non-hydrogen) atoms. The summed E-state index contributed by atoms with van der Waals surface area (Å²) >= 11 is 0. The third-order valence-corrected chi connectivity index (χ3v) is 0. The van der Waals surface area contributed by atoms with Crippen molar-refractivity contribution in [2.75, 3.05) is 0 Å². The van der Waals surface area contributed by atoms with Gasteiger partial charge in [-0.15, -0.1) is 0 Å². The van der Waals surface area contributed by atoms with E-state index >= 15 is 0 Å². The Morgan fingerprint density at radius 3 is 0.444 bits per heavy atom. The molecular weight excluding hydrogens is 367 g/mol. The van der Waals surface area contributed by atoms with Gasteiger partial charge < -0.3 is 61.3 Å². The SMILES string of the molecule is O=[N+]([O-])[O-].O=[N+]([O-])[O-].O=[N+]([O-])[O-].O=[N+]([O-])[O-].[Cu+2].[Fe+2]. The molecule has 0 heterocycles. The van der Waals surface area contributed by atoms with Crippen LogP contribution < -0.4 is 0 Å². The zero-order valence-corrected chi connectivity index (χ0v) is 9.39. The Kier molecular flexibility index (Phi) is 58.8. The topological polar surface area (TPSA) is 265 Å². The van der Waals surface area contributed by atoms with Gasteiger partial charge in [-0.05, 0) is 0 Å². The van der Waals surface area contributed by atoms with E-state index in [-0.39, 0.29) is 34.1 Å². The second-order valence-electron chi connectivity index (χ2n) is 0.894. The molecule has 0 aliphatic heterocycles. The van der Waals surface area contributed by atoms with Gasteiger partial charge in [0.1, 0.15) is 0 Å². The second kappa shape index (κ2) is 29.4. The maximum Gasteiger partial charge on any atom is 2.00 e. The summed E-state index contributed by atoms with van der Waals surface area (Å²) in [5.74, 6) is 0. The minimum Gasteiger partial charge on any atom is -0.356 e. The minimum absolute atomic E-state index is 0. The number of hydrogen-bond donors (Lipinski definition) is 0. The molecule has 0 aromatic carbocycles. The summed E-state index contributed by atoms with van der Waals surface area (Å²) in [7, 11) is 0. The zero-order chi connectivity index (χ0) is 14.3. The van der Waals surface area contributed by atoms with Gasteiger partial charge in [-0.2, -0.15) is 0 Å². The van der Waals surface area contributed by atoms with Crippen molar-refractivity contribution < 1.29 is 54.5 Å². The first-order chi connectivity index (χ1) is 6.93. The van der Waals surface area contributed by atoms with E-state index in [1.54, 1.807) is 0 Å². The van der Waals surface area contributed by atoms with Crippen LogP contribution in [0.4, 0.5) is 0 Å². The predicted octanol–water partition coefficient (Wildman–Crippen LogP) is -0.961. The molecular formula is CuFeN4O12. The Labute approximate surface area is 116 Å². The maximum absolute atomic E-state index is 8.25. The van der Waals surface area contributed by atoms with E-state index in [0.717, 1.165) is 0 Å². The molecule has 16 nitrogen and oxygen atoms in total. The van der Waals surface area contributed by atoms with Crippen LogP contribution in [0.15, 0.2) is 0 Å². The van der Waals surface area contributed by atoms with E-state index in [4.69, 9.17) is 61.3 Å². The summed E-state index contributed by atoms with van der Waals surface area (Å²) in [5, 5.41) is 59.0. The van der Waals surface area contributed by atoms with Crippen LogP contribution in [0, 0.1) is 61.3 Å². The summed E-state index contributed by atoms with van der Waals surface area (Å²) in [6, 6.07) is 0. The second-order valence-corrected chi connectivity index (χ2v) is 0.894. The molecule has 18 heteroatoms. The Morgan fingerprint density at radius 2 is 0.444 bits per heavy atom. The molecule has 0 atom stereocenters. The summed E-state index contributed by atoms with van der Waals surface area (Å²) in [4.78, 5) is 33.0. The number of nitrogens with zero attached hydrogens (tertiary/aromatic N) is 4. The van der Waals surface area contributed by atoms with Crippen LogP contribution in [0.1, 0.15) is 0 Å². The van der Waals surface area contributed by atoms with Crippen molar-refractivity contribution in [3.05, 3.63) is 61.3 Å². The number of hydrogen-bond acceptors (Lipinski definition) is 12. The monoisotopic (exact) mass is 367 g/mol. The standard InChI is InChI=1S/Cu.Fe.4NO3/c;;4*2-1(3)4/q2*+2;4*-1. The minimum atomic E-state index is -1.75. The average Bonchev–Trinajstić information content (AvgIpc) is 1.76. The van der Waals surface area contributed by atoms with Crippen molar-refractivity contribution in [2.45, 2.75) is 0 Å². The molecule has 0 saturated heterocycles. The Morgan fingerprint density at radius 1 is 0.444 bits per heavy atom. The first kappa shape index (κ1) is 36.0. The molecule has 0 N–H and O–H groups in total. The molecule has 0 saturated carbocycles. The van der Waals surface area contributed by atoms with Gasteiger partial charge in [-0.1, -0.05) is 0 Å². The summed E-state index contributed by atoms with van der Waals surface area (Å²) in [6.07, 6.45) is 0. The molecule has 0 bridgehead atoms. The van der Waals surface area contributed by atoms with Crippen molar-refractivity contribution in [3.8, 4) is 0 Å². The third-order valence-electron chi connectivity index (χ3n) is 0.